The van der Waals surface area contributed by atoms with Crippen LogP contribution in [0.25, 0.3) is 10.2 Å². The molecule has 4 rings (SSSR count). The lowest BCUT2D eigenvalue weighted by atomic mass is 10.1. The molecule has 0 fully saturated rings. The van der Waals surface area contributed by atoms with E-state index in [2.05, 4.69) is 4.72 Å². The second kappa shape index (κ2) is 7.91. The summed E-state index contributed by atoms with van der Waals surface area (Å²) in [7, 11) is -3.79. The number of benzene rings is 3. The summed E-state index contributed by atoms with van der Waals surface area (Å²) in [4.78, 5) is 12.5. The van der Waals surface area contributed by atoms with E-state index in [1.54, 1.807) is 22.8 Å². The minimum atomic E-state index is -3.79. The third kappa shape index (κ3) is 3.88. The number of fused-ring (bicyclic) bond motifs is 1. The molecule has 8 heteroatoms. The maximum absolute atomic E-state index is 13.0. The SMILES string of the molecule is Cc1cccc(C)c1NS(=O)(=O)c1ccc2c(c1)sc(=O)n2Cc1ccccc1Cl. The van der Waals surface area contributed by atoms with Crippen molar-refractivity contribution in [3.63, 3.8) is 0 Å². The van der Waals surface area contributed by atoms with Gasteiger partial charge in [-0.15, -0.1) is 0 Å². The normalized spacial score (nSPS) is 11.7. The Balaban J connectivity index is 1.72. The minimum absolute atomic E-state index is 0.115. The van der Waals surface area contributed by atoms with Gasteiger partial charge < -0.3 is 0 Å². The zero-order valence-electron chi connectivity index (χ0n) is 16.3. The molecule has 0 spiro atoms. The molecule has 1 N–H and O–H groups in total. The minimum Gasteiger partial charge on any atom is -0.294 e. The molecule has 0 saturated carbocycles. The van der Waals surface area contributed by atoms with E-state index in [1.165, 1.54) is 6.07 Å². The van der Waals surface area contributed by atoms with Gasteiger partial charge >= 0.3 is 4.87 Å². The lowest BCUT2D eigenvalue weighted by molar-refractivity contribution is 0.601. The van der Waals surface area contributed by atoms with Crippen LogP contribution >= 0.6 is 22.9 Å². The van der Waals surface area contributed by atoms with E-state index in [4.69, 9.17) is 11.6 Å². The second-order valence-electron chi connectivity index (χ2n) is 7.05. The number of nitrogens with zero attached hydrogens (tertiary/aromatic N) is 1. The standard InChI is InChI=1S/C22H19ClN2O3S2/c1-14-6-5-7-15(2)21(14)24-30(27,28)17-10-11-19-20(12-17)29-22(26)25(19)13-16-8-3-4-9-18(16)23/h3-12,24H,13H2,1-2H3. The van der Waals surface area contributed by atoms with Crippen molar-refractivity contribution in [3.8, 4) is 0 Å². The number of nitrogens with one attached hydrogen (secondary N) is 1. The fourth-order valence-corrected chi connectivity index (χ4v) is 5.76. The Morgan fingerprint density at radius 3 is 2.40 bits per heavy atom. The van der Waals surface area contributed by atoms with Crippen LogP contribution < -0.4 is 9.60 Å². The average Bonchev–Trinajstić information content (AvgIpc) is 3.01. The molecule has 3 aromatic carbocycles. The van der Waals surface area contributed by atoms with Gasteiger partial charge in [0.05, 0.1) is 27.3 Å². The summed E-state index contributed by atoms with van der Waals surface area (Å²) in [5.74, 6) is 0. The molecule has 0 bridgehead atoms. The van der Waals surface area contributed by atoms with Crippen molar-refractivity contribution in [3.05, 3.63) is 92.0 Å². The number of thiazole rings is 1. The van der Waals surface area contributed by atoms with Crippen molar-refractivity contribution in [1.29, 1.82) is 0 Å². The molecule has 5 nitrogen and oxygen atoms in total. The van der Waals surface area contributed by atoms with Gasteiger partial charge in [-0.2, -0.15) is 0 Å². The number of halogens is 1. The number of hydrogen-bond donors (Lipinski definition) is 1. The first-order valence-electron chi connectivity index (χ1n) is 9.22. The molecule has 4 aromatic rings. The van der Waals surface area contributed by atoms with E-state index in [0.29, 0.717) is 27.5 Å². The number of aromatic nitrogens is 1. The number of anilines is 1. The van der Waals surface area contributed by atoms with Gasteiger partial charge in [-0.05, 0) is 54.8 Å². The Morgan fingerprint density at radius 2 is 1.70 bits per heavy atom. The number of rotatable bonds is 5. The molecule has 154 valence electrons. The van der Waals surface area contributed by atoms with Crippen LogP contribution in [0, 0.1) is 13.8 Å². The Morgan fingerprint density at radius 1 is 1.00 bits per heavy atom. The van der Waals surface area contributed by atoms with E-state index in [1.807, 2.05) is 50.2 Å². The predicted octanol–water partition coefficient (Wildman–Crippen LogP) is 5.18. The van der Waals surface area contributed by atoms with E-state index in [9.17, 15) is 13.2 Å². The summed E-state index contributed by atoms with van der Waals surface area (Å²) >= 11 is 7.25. The molecule has 0 aliphatic carbocycles. The van der Waals surface area contributed by atoms with Gasteiger partial charge in [-0.3, -0.25) is 14.1 Å². The van der Waals surface area contributed by atoms with E-state index >= 15 is 0 Å². The number of sulfonamides is 1. The van der Waals surface area contributed by atoms with Crippen LogP contribution in [0.2, 0.25) is 5.02 Å². The zero-order chi connectivity index (χ0) is 21.5. The van der Waals surface area contributed by atoms with Gasteiger partial charge in [0.15, 0.2) is 0 Å². The van der Waals surface area contributed by atoms with Crippen molar-refractivity contribution in [2.75, 3.05) is 4.72 Å². The van der Waals surface area contributed by atoms with Crippen molar-refractivity contribution in [2.45, 2.75) is 25.3 Å². The van der Waals surface area contributed by atoms with Gasteiger partial charge in [0.25, 0.3) is 10.0 Å². The van der Waals surface area contributed by atoms with Crippen LogP contribution in [-0.2, 0) is 16.6 Å². The molecule has 0 aliphatic rings. The summed E-state index contributed by atoms with van der Waals surface area (Å²) in [6, 6.07) is 17.7. The first-order valence-corrected chi connectivity index (χ1v) is 11.9. The highest BCUT2D eigenvalue weighted by Gasteiger charge is 2.19. The molecule has 0 atom stereocenters. The maximum atomic E-state index is 13.0. The van der Waals surface area contributed by atoms with Crippen LogP contribution in [-0.4, -0.2) is 13.0 Å². The van der Waals surface area contributed by atoms with Crippen molar-refractivity contribution < 1.29 is 8.42 Å². The monoisotopic (exact) mass is 458 g/mol. The Hall–Kier alpha value is -2.61. The number of hydrogen-bond acceptors (Lipinski definition) is 4. The fraction of sp³-hybridized carbons (Fsp3) is 0.136. The fourth-order valence-electron chi connectivity index (χ4n) is 3.33. The van der Waals surface area contributed by atoms with E-state index < -0.39 is 10.0 Å². The van der Waals surface area contributed by atoms with Crippen molar-refractivity contribution >= 4 is 48.9 Å². The highest BCUT2D eigenvalue weighted by atomic mass is 35.5. The molecule has 0 amide bonds. The molecule has 0 radical (unpaired) electrons. The third-order valence-electron chi connectivity index (χ3n) is 4.95. The first kappa shape index (κ1) is 20.7. The Kier molecular flexibility index (Phi) is 5.44. The largest absolute Gasteiger partial charge is 0.308 e. The first-order chi connectivity index (χ1) is 14.3. The summed E-state index contributed by atoms with van der Waals surface area (Å²) in [6.45, 7) is 4.04. The van der Waals surface area contributed by atoms with Gasteiger partial charge in [0, 0.05) is 5.02 Å². The quantitative estimate of drug-likeness (QED) is 0.448. The molecule has 1 heterocycles. The lowest BCUT2D eigenvalue weighted by Crippen LogP contribution is -2.15. The number of aryl methyl sites for hydroxylation is 2. The van der Waals surface area contributed by atoms with Gasteiger partial charge in [0.2, 0.25) is 0 Å². The maximum Gasteiger partial charge on any atom is 0.308 e. The Labute approximate surface area is 183 Å². The van der Waals surface area contributed by atoms with Crippen LogP contribution in [0.15, 0.2) is 70.4 Å². The van der Waals surface area contributed by atoms with Crippen molar-refractivity contribution in [1.82, 2.24) is 4.57 Å². The molecular weight excluding hydrogens is 440 g/mol. The van der Waals surface area contributed by atoms with Gasteiger partial charge in [-0.1, -0.05) is 59.3 Å². The average molecular weight is 459 g/mol. The highest BCUT2D eigenvalue weighted by molar-refractivity contribution is 7.92. The van der Waals surface area contributed by atoms with E-state index in [-0.39, 0.29) is 9.77 Å². The molecular formula is C22H19ClN2O3S2. The smallest absolute Gasteiger partial charge is 0.294 e. The summed E-state index contributed by atoms with van der Waals surface area (Å²) in [5, 5.41) is 0.584. The van der Waals surface area contributed by atoms with Crippen LogP contribution in [0.4, 0.5) is 5.69 Å². The van der Waals surface area contributed by atoms with Crippen LogP contribution in [0.3, 0.4) is 0 Å². The summed E-state index contributed by atoms with van der Waals surface area (Å²) in [6.07, 6.45) is 0. The molecule has 0 aliphatic heterocycles. The zero-order valence-corrected chi connectivity index (χ0v) is 18.7. The van der Waals surface area contributed by atoms with Gasteiger partial charge in [-0.25, -0.2) is 8.42 Å². The lowest BCUT2D eigenvalue weighted by Gasteiger charge is -2.13. The number of para-hydroxylation sites is 1. The third-order valence-corrected chi connectivity index (χ3v) is 7.61. The summed E-state index contributed by atoms with van der Waals surface area (Å²) < 4.78 is 30.8. The predicted molar refractivity (Wildman–Crippen MR) is 123 cm³/mol. The summed E-state index contributed by atoms with van der Waals surface area (Å²) in [5.41, 5.74) is 3.76. The highest BCUT2D eigenvalue weighted by Crippen LogP contribution is 2.27. The van der Waals surface area contributed by atoms with Gasteiger partial charge in [0.1, 0.15) is 0 Å². The van der Waals surface area contributed by atoms with Crippen LogP contribution in [0.1, 0.15) is 16.7 Å². The second-order valence-corrected chi connectivity index (χ2v) is 10.1. The molecule has 1 aromatic heterocycles. The van der Waals surface area contributed by atoms with Crippen LogP contribution in [0.5, 0.6) is 0 Å². The topological polar surface area (TPSA) is 68.2 Å². The van der Waals surface area contributed by atoms with E-state index in [0.717, 1.165) is 28.0 Å². The Bertz CT molecular complexity index is 1400. The van der Waals surface area contributed by atoms with Crippen molar-refractivity contribution in [2.24, 2.45) is 0 Å². The molecule has 0 saturated heterocycles. The molecule has 30 heavy (non-hydrogen) atoms. The molecule has 0 unspecified atom stereocenters.